The fraction of sp³-hybridized carbons (Fsp3) is 0.286. The van der Waals surface area contributed by atoms with Crippen molar-refractivity contribution in [3.05, 3.63) is 36.4 Å². The first-order chi connectivity index (χ1) is 10.3. The molecule has 0 aliphatic carbocycles. The first kappa shape index (κ1) is 16.9. The lowest BCUT2D eigenvalue weighted by atomic mass is 10.1. The summed E-state index contributed by atoms with van der Waals surface area (Å²) in [6, 6.07) is 10.6. The number of sulfonamides is 1. The third kappa shape index (κ3) is 3.64. The van der Waals surface area contributed by atoms with Crippen LogP contribution in [-0.4, -0.2) is 43.6 Å². The van der Waals surface area contributed by atoms with Gasteiger partial charge >= 0.3 is 0 Å². The second-order valence-electron chi connectivity index (χ2n) is 4.95. The van der Waals surface area contributed by atoms with Crippen molar-refractivity contribution in [2.75, 3.05) is 31.3 Å². The summed E-state index contributed by atoms with van der Waals surface area (Å²) in [7, 11) is 0.0481. The van der Waals surface area contributed by atoms with E-state index in [-0.39, 0.29) is 17.2 Å². The number of nitrogens with zero attached hydrogens (tertiary/aromatic N) is 1. The van der Waals surface area contributed by atoms with E-state index in [2.05, 4.69) is 4.72 Å². The average molecular weight is 342 g/mol. The van der Waals surface area contributed by atoms with E-state index in [1.54, 1.807) is 18.2 Å². The number of nitrogens with one attached hydrogen (secondary N) is 1. The number of rotatable bonds is 6. The van der Waals surface area contributed by atoms with E-state index < -0.39 is 21.1 Å². The van der Waals surface area contributed by atoms with E-state index in [0.29, 0.717) is 5.39 Å². The van der Waals surface area contributed by atoms with Gasteiger partial charge in [0.2, 0.25) is 10.0 Å². The van der Waals surface area contributed by atoms with Gasteiger partial charge in [-0.25, -0.2) is 17.3 Å². The first-order valence-electron chi connectivity index (χ1n) is 6.59. The summed E-state index contributed by atoms with van der Waals surface area (Å²) in [4.78, 5) is 2.08. The number of hydrogen-bond acceptors (Lipinski definition) is 4. The first-order valence-corrected chi connectivity index (χ1v) is 9.35. The number of anilines is 1. The van der Waals surface area contributed by atoms with E-state index in [4.69, 9.17) is 4.55 Å². The summed E-state index contributed by atoms with van der Waals surface area (Å²) in [6.45, 7) is -0.0881. The summed E-state index contributed by atoms with van der Waals surface area (Å²) in [6.07, 6.45) is 0. The van der Waals surface area contributed by atoms with Crippen LogP contribution in [0.3, 0.4) is 0 Å². The Hall–Kier alpha value is -1.48. The topological polar surface area (TPSA) is 86.7 Å². The molecule has 0 saturated carbocycles. The SMILES string of the molecule is CN(C)c1cccc2c(S(=O)(=O)NCCS(=O)O)cccc12. The quantitative estimate of drug-likeness (QED) is 0.775. The second kappa shape index (κ2) is 6.74. The molecule has 2 N–H and O–H groups in total. The maximum absolute atomic E-state index is 12.4. The van der Waals surface area contributed by atoms with E-state index in [0.717, 1.165) is 11.1 Å². The lowest BCUT2D eigenvalue weighted by Crippen LogP contribution is -2.28. The van der Waals surface area contributed by atoms with Gasteiger partial charge < -0.3 is 9.45 Å². The Morgan fingerprint density at radius 2 is 1.77 bits per heavy atom. The smallest absolute Gasteiger partial charge is 0.241 e. The highest BCUT2D eigenvalue weighted by atomic mass is 32.2. The molecule has 0 fully saturated rings. The molecule has 2 rings (SSSR count). The summed E-state index contributed by atoms with van der Waals surface area (Å²) in [5, 5.41) is 1.45. The highest BCUT2D eigenvalue weighted by molar-refractivity contribution is 7.89. The van der Waals surface area contributed by atoms with E-state index in [1.165, 1.54) is 6.07 Å². The van der Waals surface area contributed by atoms with Crippen LogP contribution in [0.5, 0.6) is 0 Å². The maximum Gasteiger partial charge on any atom is 0.241 e. The van der Waals surface area contributed by atoms with Gasteiger partial charge in [-0.3, -0.25) is 0 Å². The number of hydrogen-bond donors (Lipinski definition) is 2. The summed E-state index contributed by atoms with van der Waals surface area (Å²) in [5.74, 6) is -0.146. The fourth-order valence-electron chi connectivity index (χ4n) is 2.23. The van der Waals surface area contributed by atoms with Gasteiger partial charge in [0, 0.05) is 37.1 Å². The highest BCUT2D eigenvalue weighted by Gasteiger charge is 2.18. The standard InChI is InChI=1S/C14H18N2O4S2/c1-16(2)13-7-3-6-12-11(13)5-4-8-14(12)22(19,20)15-9-10-21(17)18/h3-8,15H,9-10H2,1-2H3,(H,17,18). The minimum atomic E-state index is -3.74. The molecule has 0 bridgehead atoms. The lowest BCUT2D eigenvalue weighted by Gasteiger charge is -2.17. The molecule has 2 aromatic carbocycles. The van der Waals surface area contributed by atoms with Crippen LogP contribution in [0.4, 0.5) is 5.69 Å². The Kier molecular flexibility index (Phi) is 5.17. The van der Waals surface area contributed by atoms with Gasteiger partial charge in [-0.2, -0.15) is 0 Å². The van der Waals surface area contributed by atoms with Crippen molar-refractivity contribution in [1.82, 2.24) is 4.72 Å². The van der Waals surface area contributed by atoms with Crippen molar-refractivity contribution in [3.8, 4) is 0 Å². The van der Waals surface area contributed by atoms with Crippen LogP contribution in [0.15, 0.2) is 41.3 Å². The molecule has 120 valence electrons. The Balaban J connectivity index is 2.47. The van der Waals surface area contributed by atoms with Crippen molar-refractivity contribution in [1.29, 1.82) is 0 Å². The Bertz CT molecular complexity index is 804. The zero-order valence-electron chi connectivity index (χ0n) is 12.3. The van der Waals surface area contributed by atoms with Crippen LogP contribution in [0.25, 0.3) is 10.8 Å². The third-order valence-corrected chi connectivity index (χ3v) is 5.27. The molecular formula is C14H18N2O4S2. The minimum Gasteiger partial charge on any atom is -0.377 e. The molecule has 0 amide bonds. The van der Waals surface area contributed by atoms with Gasteiger partial charge in [0.05, 0.1) is 10.6 Å². The highest BCUT2D eigenvalue weighted by Crippen LogP contribution is 2.29. The molecule has 1 atom stereocenters. The molecule has 1 unspecified atom stereocenters. The molecule has 0 aliphatic rings. The van der Waals surface area contributed by atoms with E-state index >= 15 is 0 Å². The van der Waals surface area contributed by atoms with Gasteiger partial charge in [0.15, 0.2) is 11.1 Å². The predicted molar refractivity (Wildman–Crippen MR) is 89.1 cm³/mol. The van der Waals surface area contributed by atoms with E-state index in [9.17, 15) is 12.6 Å². The summed E-state index contributed by atoms with van der Waals surface area (Å²) < 4.78 is 46.5. The Morgan fingerprint density at radius 1 is 1.14 bits per heavy atom. The zero-order chi connectivity index (χ0) is 16.3. The van der Waals surface area contributed by atoms with Crippen molar-refractivity contribution in [2.45, 2.75) is 4.90 Å². The molecule has 0 aliphatic heterocycles. The van der Waals surface area contributed by atoms with Gasteiger partial charge in [-0.1, -0.05) is 24.3 Å². The van der Waals surface area contributed by atoms with Gasteiger partial charge in [0.25, 0.3) is 0 Å². The van der Waals surface area contributed by atoms with Gasteiger partial charge in [-0.05, 0) is 12.1 Å². The van der Waals surface area contributed by atoms with Crippen LogP contribution in [-0.2, 0) is 21.1 Å². The van der Waals surface area contributed by atoms with Crippen LogP contribution in [0.2, 0.25) is 0 Å². The normalized spacial score (nSPS) is 13.2. The molecular weight excluding hydrogens is 324 g/mol. The van der Waals surface area contributed by atoms with Crippen molar-refractivity contribution in [3.63, 3.8) is 0 Å². The minimum absolute atomic E-state index is 0.0881. The molecule has 2 aromatic rings. The predicted octanol–water partition coefficient (Wildman–Crippen LogP) is 1.41. The van der Waals surface area contributed by atoms with Crippen LogP contribution >= 0.6 is 0 Å². The largest absolute Gasteiger partial charge is 0.377 e. The molecule has 22 heavy (non-hydrogen) atoms. The average Bonchev–Trinajstić information content (AvgIpc) is 2.45. The van der Waals surface area contributed by atoms with Crippen molar-refractivity contribution >= 4 is 37.6 Å². The summed E-state index contributed by atoms with van der Waals surface area (Å²) in [5.41, 5.74) is 0.922. The van der Waals surface area contributed by atoms with Crippen LogP contribution in [0.1, 0.15) is 0 Å². The van der Waals surface area contributed by atoms with E-state index in [1.807, 2.05) is 31.1 Å². The van der Waals surface area contributed by atoms with Crippen LogP contribution < -0.4 is 9.62 Å². The molecule has 6 nitrogen and oxygen atoms in total. The Labute approximate surface area is 132 Å². The maximum atomic E-state index is 12.4. The molecule has 0 heterocycles. The van der Waals surface area contributed by atoms with Crippen molar-refractivity contribution < 1.29 is 17.2 Å². The summed E-state index contributed by atoms with van der Waals surface area (Å²) >= 11 is -2.03. The van der Waals surface area contributed by atoms with Crippen LogP contribution in [0, 0.1) is 0 Å². The fourth-order valence-corrected chi connectivity index (χ4v) is 3.89. The third-order valence-electron chi connectivity index (χ3n) is 3.20. The molecule has 0 aromatic heterocycles. The second-order valence-corrected chi connectivity index (χ2v) is 7.73. The Morgan fingerprint density at radius 3 is 2.41 bits per heavy atom. The molecule has 0 radical (unpaired) electrons. The number of fused-ring (bicyclic) bond motifs is 1. The lowest BCUT2D eigenvalue weighted by molar-refractivity contribution is 0.561. The molecule has 8 heteroatoms. The molecule has 0 spiro atoms. The van der Waals surface area contributed by atoms with Gasteiger partial charge in [0.1, 0.15) is 0 Å². The monoisotopic (exact) mass is 342 g/mol. The molecule has 0 saturated heterocycles. The zero-order valence-corrected chi connectivity index (χ0v) is 13.9. The van der Waals surface area contributed by atoms with Crippen molar-refractivity contribution in [2.24, 2.45) is 0 Å². The van der Waals surface area contributed by atoms with Gasteiger partial charge in [-0.15, -0.1) is 0 Å². The number of benzene rings is 2.